The number of carbonyl (C=O) groups is 2. The number of nitrogens with two attached hydrogens (primary N) is 1. The molecule has 5 N–H and O–H groups in total. The average molecular weight is 328 g/mol. The highest BCUT2D eigenvalue weighted by atomic mass is 32.2. The predicted octanol–water partition coefficient (Wildman–Crippen LogP) is -0.400. The van der Waals surface area contributed by atoms with Gasteiger partial charge in [0, 0.05) is 29.2 Å². The van der Waals surface area contributed by atoms with Crippen molar-refractivity contribution >= 4 is 22.7 Å². The third kappa shape index (κ3) is 6.23. The number of carbonyl (C=O) groups excluding carboxylic acids is 1. The first-order valence-corrected chi connectivity index (χ1v) is 8.39. The van der Waals surface area contributed by atoms with Crippen molar-refractivity contribution in [2.24, 2.45) is 5.73 Å². The van der Waals surface area contributed by atoms with E-state index in [4.69, 9.17) is 5.73 Å². The van der Waals surface area contributed by atoms with Gasteiger partial charge >= 0.3 is 5.97 Å². The number of hydrogen-bond acceptors (Lipinski definition) is 5. The summed E-state index contributed by atoms with van der Waals surface area (Å²) in [6.07, 6.45) is 1.81. The van der Waals surface area contributed by atoms with E-state index in [2.05, 4.69) is 5.32 Å². The number of benzene rings is 1. The van der Waals surface area contributed by atoms with Gasteiger partial charge in [0.1, 0.15) is 11.8 Å². The number of hydrogen-bond donors (Lipinski definition) is 4. The maximum atomic E-state index is 11.9. The van der Waals surface area contributed by atoms with Crippen molar-refractivity contribution in [2.45, 2.75) is 24.9 Å². The lowest BCUT2D eigenvalue weighted by atomic mass is 10.1. The van der Waals surface area contributed by atoms with Crippen LogP contribution in [0.3, 0.4) is 0 Å². The van der Waals surface area contributed by atoms with Crippen LogP contribution in [0, 0.1) is 0 Å². The molecule has 1 amide bonds. The number of aromatic hydroxyl groups is 1. The van der Waals surface area contributed by atoms with Gasteiger partial charge in [-0.25, -0.2) is 4.79 Å². The fraction of sp³-hybridized carbons (Fsp3) is 0.429. The topological polar surface area (TPSA) is 130 Å². The molecule has 1 rings (SSSR count). The Hall–Kier alpha value is -1.93. The Morgan fingerprint density at radius 2 is 1.91 bits per heavy atom. The minimum Gasteiger partial charge on any atom is -0.508 e. The number of amides is 1. The number of rotatable bonds is 8. The van der Waals surface area contributed by atoms with Crippen molar-refractivity contribution in [1.29, 1.82) is 0 Å². The molecule has 7 nitrogen and oxygen atoms in total. The molecule has 0 saturated heterocycles. The predicted molar refractivity (Wildman–Crippen MR) is 82.9 cm³/mol. The third-order valence-corrected chi connectivity index (χ3v) is 3.85. The molecule has 0 radical (unpaired) electrons. The lowest BCUT2D eigenvalue weighted by Gasteiger charge is -2.17. The molecule has 22 heavy (non-hydrogen) atoms. The molecule has 0 aliphatic heterocycles. The van der Waals surface area contributed by atoms with E-state index >= 15 is 0 Å². The lowest BCUT2D eigenvalue weighted by molar-refractivity contribution is -0.142. The van der Waals surface area contributed by atoms with E-state index in [9.17, 15) is 24.0 Å². The summed E-state index contributed by atoms with van der Waals surface area (Å²) in [7, 11) is -1.06. The number of nitrogens with one attached hydrogen (secondary N) is 1. The molecule has 0 aliphatic rings. The highest BCUT2D eigenvalue weighted by molar-refractivity contribution is 7.84. The zero-order valence-corrected chi connectivity index (χ0v) is 13.0. The van der Waals surface area contributed by atoms with E-state index in [1.165, 1.54) is 18.4 Å². The minimum absolute atomic E-state index is 0.0772. The number of aliphatic carboxylic acids is 1. The summed E-state index contributed by atoms with van der Waals surface area (Å²) in [5, 5.41) is 20.8. The smallest absolute Gasteiger partial charge is 0.326 e. The summed E-state index contributed by atoms with van der Waals surface area (Å²) in [6, 6.07) is 4.03. The summed E-state index contributed by atoms with van der Waals surface area (Å²) in [5.74, 6) is -1.40. The van der Waals surface area contributed by atoms with E-state index in [0.717, 1.165) is 0 Å². The Labute approximate surface area is 131 Å². The fourth-order valence-corrected chi connectivity index (χ4v) is 2.36. The summed E-state index contributed by atoms with van der Waals surface area (Å²) >= 11 is 0. The highest BCUT2D eigenvalue weighted by Crippen LogP contribution is 2.11. The van der Waals surface area contributed by atoms with Gasteiger partial charge in [-0.2, -0.15) is 0 Å². The van der Waals surface area contributed by atoms with Crippen LogP contribution in [0.4, 0.5) is 0 Å². The molecule has 8 heteroatoms. The van der Waals surface area contributed by atoms with Gasteiger partial charge in [-0.3, -0.25) is 9.00 Å². The fourth-order valence-electron chi connectivity index (χ4n) is 1.77. The van der Waals surface area contributed by atoms with E-state index in [-0.39, 0.29) is 24.3 Å². The van der Waals surface area contributed by atoms with Gasteiger partial charge in [-0.1, -0.05) is 12.1 Å². The van der Waals surface area contributed by atoms with Crippen molar-refractivity contribution in [1.82, 2.24) is 5.32 Å². The monoisotopic (exact) mass is 328 g/mol. The summed E-state index contributed by atoms with van der Waals surface area (Å²) < 4.78 is 11.0. The molecule has 122 valence electrons. The van der Waals surface area contributed by atoms with E-state index < -0.39 is 34.8 Å². The molecule has 0 aliphatic carbocycles. The summed E-state index contributed by atoms with van der Waals surface area (Å²) in [6.45, 7) is 0. The molecule has 0 aromatic heterocycles. The zero-order chi connectivity index (χ0) is 16.7. The largest absolute Gasteiger partial charge is 0.508 e. The Morgan fingerprint density at radius 3 is 2.41 bits per heavy atom. The van der Waals surface area contributed by atoms with Gasteiger partial charge in [-0.15, -0.1) is 0 Å². The molecule has 0 bridgehead atoms. The van der Waals surface area contributed by atoms with Crippen LogP contribution in [-0.2, 0) is 26.8 Å². The minimum atomic E-state index is -1.17. The molecule has 0 saturated carbocycles. The van der Waals surface area contributed by atoms with Gasteiger partial charge < -0.3 is 21.3 Å². The van der Waals surface area contributed by atoms with Crippen LogP contribution in [-0.4, -0.2) is 50.4 Å². The van der Waals surface area contributed by atoms with Crippen LogP contribution in [0.5, 0.6) is 5.75 Å². The van der Waals surface area contributed by atoms with Gasteiger partial charge in [0.2, 0.25) is 5.91 Å². The Balaban J connectivity index is 2.63. The second-order valence-electron chi connectivity index (χ2n) is 4.94. The van der Waals surface area contributed by atoms with Gasteiger partial charge in [0.25, 0.3) is 0 Å². The normalized spacial score (nSPS) is 14.8. The SMILES string of the molecule is CS(=O)CC[C@H](N)C(=O)N[C@@H](Cc1ccc(O)cc1)C(=O)O. The molecular formula is C14H20N2O5S. The van der Waals surface area contributed by atoms with E-state index in [0.29, 0.717) is 5.56 Å². The first-order chi connectivity index (χ1) is 10.3. The van der Waals surface area contributed by atoms with Crippen LogP contribution in [0.15, 0.2) is 24.3 Å². The number of carboxylic acid groups (broad SMARTS) is 1. The molecule has 1 aromatic carbocycles. The van der Waals surface area contributed by atoms with Crippen molar-refractivity contribution < 1.29 is 24.0 Å². The van der Waals surface area contributed by atoms with E-state index in [1.807, 2.05) is 0 Å². The summed E-state index contributed by atoms with van der Waals surface area (Å²) in [4.78, 5) is 23.1. The van der Waals surface area contributed by atoms with Crippen molar-refractivity contribution in [3.63, 3.8) is 0 Å². The third-order valence-electron chi connectivity index (χ3n) is 3.04. The average Bonchev–Trinajstić information content (AvgIpc) is 2.45. The lowest BCUT2D eigenvalue weighted by Crippen LogP contribution is -2.49. The maximum Gasteiger partial charge on any atom is 0.326 e. The zero-order valence-electron chi connectivity index (χ0n) is 12.2. The second kappa shape index (κ2) is 8.50. The van der Waals surface area contributed by atoms with Crippen LogP contribution in [0.25, 0.3) is 0 Å². The Kier molecular flexibility index (Phi) is 7.00. The molecule has 1 unspecified atom stereocenters. The molecule has 0 spiro atoms. The first kappa shape index (κ1) is 18.1. The van der Waals surface area contributed by atoms with Crippen LogP contribution in [0.1, 0.15) is 12.0 Å². The Bertz CT molecular complexity index is 547. The molecule has 0 heterocycles. The highest BCUT2D eigenvalue weighted by Gasteiger charge is 2.23. The van der Waals surface area contributed by atoms with Crippen molar-refractivity contribution in [3.8, 4) is 5.75 Å². The summed E-state index contributed by atoms with van der Waals surface area (Å²) in [5.41, 5.74) is 6.32. The second-order valence-corrected chi connectivity index (χ2v) is 6.50. The van der Waals surface area contributed by atoms with Crippen LogP contribution >= 0.6 is 0 Å². The quantitative estimate of drug-likeness (QED) is 0.514. The van der Waals surface area contributed by atoms with Crippen LogP contribution < -0.4 is 11.1 Å². The van der Waals surface area contributed by atoms with Crippen molar-refractivity contribution in [3.05, 3.63) is 29.8 Å². The standard InChI is InChI=1S/C14H20N2O5S/c1-22(21)7-6-11(15)13(18)16-12(14(19)20)8-9-2-4-10(17)5-3-9/h2-5,11-12,17H,6-8,15H2,1H3,(H,16,18)(H,19,20)/t11-,12-,22?/m0/s1. The van der Waals surface area contributed by atoms with Crippen LogP contribution in [0.2, 0.25) is 0 Å². The van der Waals surface area contributed by atoms with Gasteiger partial charge in [0.15, 0.2) is 0 Å². The van der Waals surface area contributed by atoms with E-state index in [1.54, 1.807) is 12.1 Å². The molecule has 0 fully saturated rings. The maximum absolute atomic E-state index is 11.9. The number of phenolic OH excluding ortho intramolecular Hbond substituents is 1. The van der Waals surface area contributed by atoms with Gasteiger partial charge in [0.05, 0.1) is 6.04 Å². The molecular weight excluding hydrogens is 308 g/mol. The number of carboxylic acids is 1. The van der Waals surface area contributed by atoms with Gasteiger partial charge in [-0.05, 0) is 24.1 Å². The molecule has 1 aromatic rings. The number of phenols is 1. The molecule has 3 atom stereocenters. The first-order valence-electron chi connectivity index (χ1n) is 6.66. The van der Waals surface area contributed by atoms with Crippen molar-refractivity contribution in [2.75, 3.05) is 12.0 Å². The Morgan fingerprint density at radius 1 is 1.32 bits per heavy atom.